The monoisotopic (exact) mass is 392 g/mol. The quantitative estimate of drug-likeness (QED) is 0.542. The molecule has 0 radical (unpaired) electrons. The standard InChI is InChI=1S/C20H20N6O3/c1-14-2-7-17-18(12-14)21-13-22-19(17)24-8-10-25(11-9-24)20(27)23-15-3-5-16(6-4-15)26(28)29/h2-7,12-13H,8-11H2,1H3,(H,23,27). The van der Waals surface area contributed by atoms with Crippen LogP contribution in [0.25, 0.3) is 10.9 Å². The first-order valence-corrected chi connectivity index (χ1v) is 9.28. The Morgan fingerprint density at radius 3 is 2.48 bits per heavy atom. The van der Waals surface area contributed by atoms with Crippen molar-refractivity contribution in [1.82, 2.24) is 14.9 Å². The Morgan fingerprint density at radius 1 is 1.07 bits per heavy atom. The van der Waals surface area contributed by atoms with E-state index in [0.29, 0.717) is 31.9 Å². The highest BCUT2D eigenvalue weighted by Crippen LogP contribution is 2.25. The fraction of sp³-hybridized carbons (Fsp3) is 0.250. The van der Waals surface area contributed by atoms with Crippen molar-refractivity contribution >= 4 is 34.1 Å². The number of amides is 2. The SMILES string of the molecule is Cc1ccc2c(N3CCN(C(=O)Nc4ccc([N+](=O)[O-])cc4)CC3)ncnc2c1. The predicted molar refractivity (Wildman–Crippen MR) is 110 cm³/mol. The first kappa shape index (κ1) is 18.6. The van der Waals surface area contributed by atoms with Gasteiger partial charge in [0.15, 0.2) is 0 Å². The van der Waals surface area contributed by atoms with Gasteiger partial charge in [0.2, 0.25) is 0 Å². The van der Waals surface area contributed by atoms with Crippen molar-refractivity contribution in [2.75, 3.05) is 36.4 Å². The van der Waals surface area contributed by atoms with Crippen molar-refractivity contribution in [3.8, 4) is 0 Å². The average molecular weight is 392 g/mol. The lowest BCUT2D eigenvalue weighted by Crippen LogP contribution is -2.50. The molecule has 1 saturated heterocycles. The summed E-state index contributed by atoms with van der Waals surface area (Å²) in [5.74, 6) is 0.880. The number of nitro benzene ring substituents is 1. The van der Waals surface area contributed by atoms with E-state index in [0.717, 1.165) is 22.3 Å². The maximum absolute atomic E-state index is 12.5. The normalized spacial score (nSPS) is 14.1. The van der Waals surface area contributed by atoms with Crippen molar-refractivity contribution in [2.24, 2.45) is 0 Å². The smallest absolute Gasteiger partial charge is 0.321 e. The third kappa shape index (κ3) is 3.93. The molecule has 1 aromatic heterocycles. The second-order valence-corrected chi connectivity index (χ2v) is 6.93. The van der Waals surface area contributed by atoms with Gasteiger partial charge in [-0.3, -0.25) is 10.1 Å². The molecular formula is C20H20N6O3. The Balaban J connectivity index is 1.40. The van der Waals surface area contributed by atoms with Crippen molar-refractivity contribution < 1.29 is 9.72 Å². The summed E-state index contributed by atoms with van der Waals surface area (Å²) in [5, 5.41) is 14.5. The lowest BCUT2D eigenvalue weighted by molar-refractivity contribution is -0.384. The molecule has 0 saturated carbocycles. The second-order valence-electron chi connectivity index (χ2n) is 6.93. The van der Waals surface area contributed by atoms with Gasteiger partial charge in [0.1, 0.15) is 12.1 Å². The number of urea groups is 1. The number of non-ortho nitro benzene ring substituents is 1. The molecule has 3 aromatic rings. The van der Waals surface area contributed by atoms with Gasteiger partial charge in [-0.25, -0.2) is 14.8 Å². The number of carbonyl (C=O) groups is 1. The van der Waals surface area contributed by atoms with Crippen LogP contribution in [0.3, 0.4) is 0 Å². The molecule has 148 valence electrons. The summed E-state index contributed by atoms with van der Waals surface area (Å²) in [6.45, 7) is 4.46. The van der Waals surface area contributed by atoms with Crippen LogP contribution in [0.1, 0.15) is 5.56 Å². The number of aromatic nitrogens is 2. The van der Waals surface area contributed by atoms with Gasteiger partial charge in [-0.1, -0.05) is 6.07 Å². The maximum atomic E-state index is 12.5. The topological polar surface area (TPSA) is 104 Å². The van der Waals surface area contributed by atoms with E-state index in [1.54, 1.807) is 11.2 Å². The van der Waals surface area contributed by atoms with Crippen LogP contribution < -0.4 is 10.2 Å². The van der Waals surface area contributed by atoms with Crippen LogP contribution in [0, 0.1) is 17.0 Å². The van der Waals surface area contributed by atoms with Gasteiger partial charge in [0.25, 0.3) is 5.69 Å². The van der Waals surface area contributed by atoms with Crippen molar-refractivity contribution in [1.29, 1.82) is 0 Å². The maximum Gasteiger partial charge on any atom is 0.321 e. The minimum absolute atomic E-state index is 0.0103. The molecule has 0 spiro atoms. The van der Waals surface area contributed by atoms with Gasteiger partial charge in [-0.05, 0) is 36.8 Å². The zero-order chi connectivity index (χ0) is 20.4. The molecule has 9 heteroatoms. The summed E-state index contributed by atoms with van der Waals surface area (Å²) < 4.78 is 0. The summed E-state index contributed by atoms with van der Waals surface area (Å²) in [7, 11) is 0. The van der Waals surface area contributed by atoms with Crippen molar-refractivity contribution in [2.45, 2.75) is 6.92 Å². The number of fused-ring (bicyclic) bond motifs is 1. The van der Waals surface area contributed by atoms with Gasteiger partial charge >= 0.3 is 6.03 Å². The molecule has 0 aliphatic carbocycles. The number of carbonyl (C=O) groups excluding carboxylic acids is 1. The molecule has 1 aliphatic heterocycles. The third-order valence-electron chi connectivity index (χ3n) is 4.97. The summed E-state index contributed by atoms with van der Waals surface area (Å²) in [4.78, 5) is 35.5. The van der Waals surface area contributed by atoms with Crippen LogP contribution >= 0.6 is 0 Å². The summed E-state index contributed by atoms with van der Waals surface area (Å²) in [6, 6.07) is 11.7. The van der Waals surface area contributed by atoms with E-state index < -0.39 is 4.92 Å². The van der Waals surface area contributed by atoms with Gasteiger partial charge in [-0.2, -0.15) is 0 Å². The number of aryl methyl sites for hydroxylation is 1. The van der Waals surface area contributed by atoms with Gasteiger partial charge in [-0.15, -0.1) is 0 Å². The molecular weight excluding hydrogens is 372 g/mol. The van der Waals surface area contributed by atoms with Gasteiger partial charge in [0, 0.05) is 49.4 Å². The molecule has 29 heavy (non-hydrogen) atoms. The van der Waals surface area contributed by atoms with Crippen LogP contribution in [-0.2, 0) is 0 Å². The van der Waals surface area contributed by atoms with Crippen LogP contribution in [0.4, 0.5) is 22.0 Å². The van der Waals surface area contributed by atoms with Gasteiger partial charge < -0.3 is 15.1 Å². The fourth-order valence-electron chi connectivity index (χ4n) is 3.40. The Hall–Kier alpha value is -3.75. The van der Waals surface area contributed by atoms with E-state index >= 15 is 0 Å². The Labute approximate surface area is 167 Å². The van der Waals surface area contributed by atoms with Crippen molar-refractivity contribution in [3.63, 3.8) is 0 Å². The molecule has 0 unspecified atom stereocenters. The average Bonchev–Trinajstić information content (AvgIpc) is 2.73. The lowest BCUT2D eigenvalue weighted by Gasteiger charge is -2.35. The number of anilines is 2. The van der Waals surface area contributed by atoms with E-state index in [2.05, 4.69) is 20.2 Å². The molecule has 4 rings (SSSR count). The number of nitrogens with one attached hydrogen (secondary N) is 1. The van der Waals surface area contributed by atoms with Crippen LogP contribution in [0.15, 0.2) is 48.8 Å². The molecule has 1 aliphatic rings. The van der Waals surface area contributed by atoms with E-state index in [-0.39, 0.29) is 11.7 Å². The summed E-state index contributed by atoms with van der Waals surface area (Å²) in [6.07, 6.45) is 1.57. The van der Waals surface area contributed by atoms with Crippen LogP contribution in [-0.4, -0.2) is 52.0 Å². The minimum atomic E-state index is -0.469. The molecule has 1 fully saturated rings. The Morgan fingerprint density at radius 2 is 1.79 bits per heavy atom. The van der Waals surface area contributed by atoms with E-state index in [4.69, 9.17) is 0 Å². The number of piperazine rings is 1. The van der Waals surface area contributed by atoms with Crippen molar-refractivity contribution in [3.05, 3.63) is 64.5 Å². The molecule has 0 bridgehead atoms. The second kappa shape index (κ2) is 7.70. The largest absolute Gasteiger partial charge is 0.352 e. The Kier molecular flexibility index (Phi) is 4.94. The Bertz CT molecular complexity index is 1060. The van der Waals surface area contributed by atoms with E-state index in [9.17, 15) is 14.9 Å². The highest BCUT2D eigenvalue weighted by atomic mass is 16.6. The van der Waals surface area contributed by atoms with Crippen LogP contribution in [0.5, 0.6) is 0 Å². The number of hydrogen-bond donors (Lipinski definition) is 1. The molecule has 9 nitrogen and oxygen atoms in total. The highest BCUT2D eigenvalue weighted by molar-refractivity contribution is 5.91. The first-order valence-electron chi connectivity index (χ1n) is 9.28. The molecule has 2 heterocycles. The summed E-state index contributed by atoms with van der Waals surface area (Å²) >= 11 is 0. The third-order valence-corrected chi connectivity index (χ3v) is 4.97. The molecule has 1 N–H and O–H groups in total. The minimum Gasteiger partial charge on any atom is -0.352 e. The predicted octanol–water partition coefficient (Wildman–Crippen LogP) is 3.20. The van der Waals surface area contributed by atoms with Crippen LogP contribution in [0.2, 0.25) is 0 Å². The number of hydrogen-bond acceptors (Lipinski definition) is 6. The number of rotatable bonds is 3. The molecule has 2 aromatic carbocycles. The number of benzene rings is 2. The zero-order valence-corrected chi connectivity index (χ0v) is 15.9. The number of nitro groups is 1. The first-order chi connectivity index (χ1) is 14.0. The molecule has 2 amide bonds. The van der Waals surface area contributed by atoms with E-state index in [1.807, 2.05) is 25.1 Å². The highest BCUT2D eigenvalue weighted by Gasteiger charge is 2.23. The molecule has 0 atom stereocenters. The zero-order valence-electron chi connectivity index (χ0n) is 15.9. The fourth-order valence-corrected chi connectivity index (χ4v) is 3.40. The van der Waals surface area contributed by atoms with Gasteiger partial charge in [0.05, 0.1) is 10.4 Å². The van der Waals surface area contributed by atoms with E-state index in [1.165, 1.54) is 24.3 Å². The lowest BCUT2D eigenvalue weighted by atomic mass is 10.1. The number of nitrogens with zero attached hydrogens (tertiary/aromatic N) is 5. The summed E-state index contributed by atoms with van der Waals surface area (Å²) in [5.41, 5.74) is 2.58.